The Morgan fingerprint density at radius 1 is 1.27 bits per heavy atom. The summed E-state index contributed by atoms with van der Waals surface area (Å²) in [7, 11) is 0. The van der Waals surface area contributed by atoms with Crippen molar-refractivity contribution < 1.29 is 9.31 Å². The van der Waals surface area contributed by atoms with Crippen molar-refractivity contribution in [2.45, 2.75) is 23.9 Å². The van der Waals surface area contributed by atoms with Gasteiger partial charge in [-0.15, -0.1) is 5.10 Å². The van der Waals surface area contributed by atoms with Crippen LogP contribution in [0.15, 0.2) is 34.3 Å². The summed E-state index contributed by atoms with van der Waals surface area (Å²) in [5.41, 5.74) is 1.35. The second-order valence-corrected chi connectivity index (χ2v) is 5.63. The summed E-state index contributed by atoms with van der Waals surface area (Å²) in [6.45, 7) is 3.71. The topological polar surface area (TPSA) is 86.2 Å². The summed E-state index contributed by atoms with van der Waals surface area (Å²) in [5.74, 6) is -0.239. The first kappa shape index (κ1) is 14.4. The number of hydrogen-bond acceptors (Lipinski definition) is 6. The Hall–Kier alpha value is -2.55. The largest absolute Gasteiger partial charge is 0.286 e. The Morgan fingerprint density at radius 2 is 2.05 bits per heavy atom. The molecule has 0 unspecified atom stereocenters. The van der Waals surface area contributed by atoms with Gasteiger partial charge in [0.05, 0.1) is 15.9 Å². The Balaban J connectivity index is 2.04. The average Bonchev–Trinajstić information content (AvgIpc) is 2.83. The zero-order valence-electron chi connectivity index (χ0n) is 11.6. The van der Waals surface area contributed by atoms with Gasteiger partial charge in [0.2, 0.25) is 5.16 Å². The van der Waals surface area contributed by atoms with E-state index in [1.807, 2.05) is 19.9 Å². The summed E-state index contributed by atoms with van der Waals surface area (Å²) in [6, 6.07) is 5.25. The third kappa shape index (κ3) is 2.62. The molecular formula is C13H10FN5O2S. The van der Waals surface area contributed by atoms with Gasteiger partial charge in [0.15, 0.2) is 0 Å². The quantitative estimate of drug-likeness (QED) is 0.545. The zero-order chi connectivity index (χ0) is 15.9. The molecule has 0 aliphatic heterocycles. The Bertz CT molecular complexity index is 896. The molecule has 0 fully saturated rings. The van der Waals surface area contributed by atoms with Crippen molar-refractivity contribution >= 4 is 23.2 Å². The van der Waals surface area contributed by atoms with Crippen molar-refractivity contribution in [2.24, 2.45) is 0 Å². The molecule has 0 radical (unpaired) electrons. The third-order valence-corrected chi connectivity index (χ3v) is 3.84. The van der Waals surface area contributed by atoms with Crippen LogP contribution in [0.2, 0.25) is 0 Å². The van der Waals surface area contributed by atoms with Crippen LogP contribution in [0.5, 0.6) is 0 Å². The number of benzene rings is 1. The molecule has 112 valence electrons. The number of nitrogens with zero attached hydrogens (tertiary/aromatic N) is 5. The SMILES string of the molecule is Cc1cc(C)n2nc(Sc3ccc(F)cc3[N+](=O)[O-])nc2n1. The number of aryl methyl sites for hydroxylation is 2. The summed E-state index contributed by atoms with van der Waals surface area (Å²) in [4.78, 5) is 19.1. The molecule has 22 heavy (non-hydrogen) atoms. The van der Waals surface area contributed by atoms with E-state index in [9.17, 15) is 14.5 Å². The van der Waals surface area contributed by atoms with E-state index in [1.165, 1.54) is 12.1 Å². The molecule has 2 heterocycles. The van der Waals surface area contributed by atoms with Gasteiger partial charge in [-0.05, 0) is 43.8 Å². The first-order valence-electron chi connectivity index (χ1n) is 6.27. The molecule has 0 atom stereocenters. The van der Waals surface area contributed by atoms with Gasteiger partial charge in [0.25, 0.3) is 11.5 Å². The van der Waals surface area contributed by atoms with Crippen molar-refractivity contribution in [2.75, 3.05) is 0 Å². The van der Waals surface area contributed by atoms with Crippen molar-refractivity contribution in [3.8, 4) is 0 Å². The van der Waals surface area contributed by atoms with Gasteiger partial charge in [-0.3, -0.25) is 10.1 Å². The van der Waals surface area contributed by atoms with Crippen molar-refractivity contribution in [1.29, 1.82) is 0 Å². The fraction of sp³-hybridized carbons (Fsp3) is 0.154. The maximum Gasteiger partial charge on any atom is 0.286 e. The molecule has 0 saturated heterocycles. The molecule has 0 spiro atoms. The molecule has 7 nitrogen and oxygen atoms in total. The van der Waals surface area contributed by atoms with Crippen molar-refractivity contribution in [3.63, 3.8) is 0 Å². The first-order valence-corrected chi connectivity index (χ1v) is 7.08. The number of aromatic nitrogens is 4. The van der Waals surface area contributed by atoms with E-state index in [1.54, 1.807) is 4.52 Å². The Morgan fingerprint density at radius 3 is 2.77 bits per heavy atom. The van der Waals surface area contributed by atoms with Crippen molar-refractivity contribution in [3.05, 3.63) is 51.6 Å². The number of rotatable bonds is 3. The van der Waals surface area contributed by atoms with Crippen LogP contribution in [0.3, 0.4) is 0 Å². The lowest BCUT2D eigenvalue weighted by molar-refractivity contribution is -0.387. The van der Waals surface area contributed by atoms with Crippen LogP contribution >= 0.6 is 11.8 Å². The molecule has 9 heteroatoms. The van der Waals surface area contributed by atoms with Crippen LogP contribution in [0.4, 0.5) is 10.1 Å². The highest BCUT2D eigenvalue weighted by Crippen LogP contribution is 2.33. The minimum atomic E-state index is -0.660. The van der Waals surface area contributed by atoms with E-state index in [-0.39, 0.29) is 10.6 Å². The molecule has 0 N–H and O–H groups in total. The molecular weight excluding hydrogens is 309 g/mol. The number of halogens is 1. The summed E-state index contributed by atoms with van der Waals surface area (Å²) >= 11 is 1.00. The Kier molecular flexibility index (Phi) is 3.49. The number of hydrogen-bond donors (Lipinski definition) is 0. The average molecular weight is 319 g/mol. The van der Waals surface area contributed by atoms with Crippen LogP contribution in [-0.2, 0) is 0 Å². The minimum Gasteiger partial charge on any atom is -0.258 e. The highest BCUT2D eigenvalue weighted by atomic mass is 32.2. The predicted octanol–water partition coefficient (Wildman–Crippen LogP) is 2.94. The van der Waals surface area contributed by atoms with Gasteiger partial charge in [-0.25, -0.2) is 13.9 Å². The highest BCUT2D eigenvalue weighted by Gasteiger charge is 2.18. The fourth-order valence-corrected chi connectivity index (χ4v) is 2.83. The maximum atomic E-state index is 13.2. The van der Waals surface area contributed by atoms with Gasteiger partial charge in [0.1, 0.15) is 5.82 Å². The second kappa shape index (κ2) is 5.34. The number of fused-ring (bicyclic) bond motifs is 1. The van der Waals surface area contributed by atoms with E-state index in [2.05, 4.69) is 15.1 Å². The second-order valence-electron chi connectivity index (χ2n) is 4.62. The smallest absolute Gasteiger partial charge is 0.258 e. The maximum absolute atomic E-state index is 13.2. The number of nitro groups is 1. The van der Waals surface area contributed by atoms with E-state index in [4.69, 9.17) is 0 Å². The molecule has 0 saturated carbocycles. The predicted molar refractivity (Wildman–Crippen MR) is 77.4 cm³/mol. The zero-order valence-corrected chi connectivity index (χ0v) is 12.5. The van der Waals surface area contributed by atoms with Gasteiger partial charge >= 0.3 is 0 Å². The molecule has 3 rings (SSSR count). The van der Waals surface area contributed by atoms with E-state index >= 15 is 0 Å². The fourth-order valence-electron chi connectivity index (χ4n) is 2.01. The minimum absolute atomic E-state index is 0.275. The Labute approximate surface area is 128 Å². The molecule has 2 aromatic heterocycles. The van der Waals surface area contributed by atoms with Crippen LogP contribution in [0.25, 0.3) is 5.78 Å². The molecule has 0 amide bonds. The molecule has 3 aromatic rings. The van der Waals surface area contributed by atoms with Crippen LogP contribution in [0, 0.1) is 29.8 Å². The van der Waals surface area contributed by atoms with Crippen LogP contribution < -0.4 is 0 Å². The lowest BCUT2D eigenvalue weighted by Gasteiger charge is -1.99. The molecule has 0 bridgehead atoms. The van der Waals surface area contributed by atoms with Gasteiger partial charge in [-0.2, -0.15) is 4.98 Å². The normalized spacial score (nSPS) is 11.0. The standard InChI is InChI=1S/C13H10FN5O2S/c1-7-5-8(2)18-12(15-7)16-13(17-18)22-11-4-3-9(14)6-10(11)19(20)21/h3-6H,1-2H3. The van der Waals surface area contributed by atoms with Gasteiger partial charge in [-0.1, -0.05) is 0 Å². The first-order chi connectivity index (χ1) is 10.4. The third-order valence-electron chi connectivity index (χ3n) is 2.92. The van der Waals surface area contributed by atoms with Crippen molar-refractivity contribution in [1.82, 2.24) is 19.6 Å². The lowest BCUT2D eigenvalue weighted by atomic mass is 10.3. The number of nitro benzene ring substituents is 1. The van der Waals surface area contributed by atoms with Crippen LogP contribution in [0.1, 0.15) is 11.4 Å². The molecule has 0 aliphatic rings. The molecule has 1 aromatic carbocycles. The van der Waals surface area contributed by atoms with Gasteiger partial charge in [0, 0.05) is 11.4 Å². The van der Waals surface area contributed by atoms with E-state index in [0.29, 0.717) is 10.9 Å². The van der Waals surface area contributed by atoms with E-state index in [0.717, 1.165) is 29.2 Å². The molecule has 0 aliphatic carbocycles. The van der Waals surface area contributed by atoms with E-state index < -0.39 is 10.7 Å². The van der Waals surface area contributed by atoms with Gasteiger partial charge < -0.3 is 0 Å². The lowest BCUT2D eigenvalue weighted by Crippen LogP contribution is -1.97. The summed E-state index contributed by atoms with van der Waals surface area (Å²) < 4.78 is 14.7. The summed E-state index contributed by atoms with van der Waals surface area (Å²) in [5, 5.41) is 15.6. The summed E-state index contributed by atoms with van der Waals surface area (Å²) in [6.07, 6.45) is 0. The highest BCUT2D eigenvalue weighted by molar-refractivity contribution is 7.99. The van der Waals surface area contributed by atoms with Crippen LogP contribution in [-0.4, -0.2) is 24.5 Å². The monoisotopic (exact) mass is 319 g/mol.